The van der Waals surface area contributed by atoms with Crippen LogP contribution in [-0.4, -0.2) is 33.0 Å². The Labute approximate surface area is 116 Å². The van der Waals surface area contributed by atoms with Crippen LogP contribution in [-0.2, 0) is 14.5 Å². The second kappa shape index (κ2) is 6.37. The molecule has 0 N–H and O–H groups in total. The molecule has 19 heavy (non-hydrogen) atoms. The van der Waals surface area contributed by atoms with E-state index in [0.29, 0.717) is 12.8 Å². The van der Waals surface area contributed by atoms with E-state index in [1.54, 1.807) is 13.8 Å². The highest BCUT2D eigenvalue weighted by Gasteiger charge is 2.35. The summed E-state index contributed by atoms with van der Waals surface area (Å²) in [7, 11) is 0. The van der Waals surface area contributed by atoms with E-state index >= 15 is 0 Å². The predicted octanol–water partition coefficient (Wildman–Crippen LogP) is 2.91. The van der Waals surface area contributed by atoms with Gasteiger partial charge in [-0.05, 0) is 41.5 Å². The molecule has 5 nitrogen and oxygen atoms in total. The summed E-state index contributed by atoms with van der Waals surface area (Å²) < 4.78 is 0. The van der Waals surface area contributed by atoms with E-state index < -0.39 is 11.1 Å². The van der Waals surface area contributed by atoms with Gasteiger partial charge in [0.1, 0.15) is 0 Å². The standard InChI is InChI=1S/C14H28N2O3/c1-9-11(17)15(13(3,4)5)19-16(12(18)10-2)14(6,7)8/h9-10H2,1-8H3. The van der Waals surface area contributed by atoms with Crippen LogP contribution >= 0.6 is 0 Å². The molecule has 0 saturated heterocycles. The molecule has 0 spiro atoms. The molecule has 0 aromatic carbocycles. The van der Waals surface area contributed by atoms with Crippen molar-refractivity contribution in [2.75, 3.05) is 0 Å². The molecule has 0 atom stereocenters. The number of hydrogen-bond donors (Lipinski definition) is 0. The Hall–Kier alpha value is -1.10. The Kier molecular flexibility index (Phi) is 6.00. The van der Waals surface area contributed by atoms with Crippen LogP contribution in [0, 0.1) is 0 Å². The van der Waals surface area contributed by atoms with Gasteiger partial charge in [-0.2, -0.15) is 10.1 Å². The minimum atomic E-state index is -0.509. The third kappa shape index (κ3) is 5.19. The molecule has 0 aliphatic rings. The zero-order valence-corrected chi connectivity index (χ0v) is 13.5. The minimum Gasteiger partial charge on any atom is -0.273 e. The van der Waals surface area contributed by atoms with Crippen molar-refractivity contribution in [2.24, 2.45) is 0 Å². The van der Waals surface area contributed by atoms with Crippen LogP contribution in [0.3, 0.4) is 0 Å². The number of carbonyl (C=O) groups is 2. The SMILES string of the molecule is CCC(=O)N(ON(C(=O)CC)C(C)(C)C)C(C)(C)C. The Bertz CT molecular complexity index is 295. The van der Waals surface area contributed by atoms with Crippen LogP contribution < -0.4 is 0 Å². The summed E-state index contributed by atoms with van der Waals surface area (Å²) in [6.07, 6.45) is 0.658. The van der Waals surface area contributed by atoms with E-state index in [9.17, 15) is 9.59 Å². The number of carbonyl (C=O) groups excluding carboxylic acids is 2. The third-order valence-electron chi connectivity index (χ3n) is 2.44. The molecular formula is C14H28N2O3. The molecule has 0 heterocycles. The van der Waals surface area contributed by atoms with Gasteiger partial charge in [0.2, 0.25) is 11.8 Å². The van der Waals surface area contributed by atoms with E-state index in [0.717, 1.165) is 0 Å². The average molecular weight is 272 g/mol. The number of amides is 2. The summed E-state index contributed by atoms with van der Waals surface area (Å²) in [6.45, 7) is 14.8. The number of hydrogen-bond acceptors (Lipinski definition) is 3. The molecule has 0 fully saturated rings. The van der Waals surface area contributed by atoms with Crippen molar-refractivity contribution in [2.45, 2.75) is 79.3 Å². The van der Waals surface area contributed by atoms with Gasteiger partial charge in [0, 0.05) is 12.8 Å². The van der Waals surface area contributed by atoms with Gasteiger partial charge in [-0.25, -0.2) is 0 Å². The van der Waals surface area contributed by atoms with Gasteiger partial charge in [-0.3, -0.25) is 9.59 Å². The summed E-state index contributed by atoms with van der Waals surface area (Å²) in [4.78, 5) is 29.6. The number of rotatable bonds is 4. The summed E-state index contributed by atoms with van der Waals surface area (Å²) in [5, 5.41) is 2.57. The van der Waals surface area contributed by atoms with Gasteiger partial charge in [-0.15, -0.1) is 4.94 Å². The van der Waals surface area contributed by atoms with E-state index in [-0.39, 0.29) is 11.8 Å². The second-order valence-electron chi connectivity index (χ2n) is 6.51. The maximum Gasteiger partial charge on any atom is 0.248 e. The summed E-state index contributed by atoms with van der Waals surface area (Å²) >= 11 is 0. The molecule has 2 amide bonds. The van der Waals surface area contributed by atoms with Crippen molar-refractivity contribution in [1.82, 2.24) is 10.1 Å². The highest BCUT2D eigenvalue weighted by atomic mass is 16.9. The molecular weight excluding hydrogens is 244 g/mol. The molecule has 0 radical (unpaired) electrons. The lowest BCUT2D eigenvalue weighted by atomic mass is 10.1. The Morgan fingerprint density at radius 2 is 1.05 bits per heavy atom. The van der Waals surface area contributed by atoms with E-state index in [2.05, 4.69) is 0 Å². The van der Waals surface area contributed by atoms with Crippen molar-refractivity contribution in [3.63, 3.8) is 0 Å². The summed E-state index contributed by atoms with van der Waals surface area (Å²) in [5.41, 5.74) is -1.02. The normalized spacial score (nSPS) is 12.2. The molecule has 0 aromatic rings. The first kappa shape index (κ1) is 17.9. The molecule has 5 heteroatoms. The lowest BCUT2D eigenvalue weighted by molar-refractivity contribution is -0.342. The largest absolute Gasteiger partial charge is 0.273 e. The first-order valence-electron chi connectivity index (χ1n) is 6.79. The van der Waals surface area contributed by atoms with Crippen LogP contribution in [0.15, 0.2) is 0 Å². The zero-order valence-electron chi connectivity index (χ0n) is 13.5. The predicted molar refractivity (Wildman–Crippen MR) is 74.9 cm³/mol. The van der Waals surface area contributed by atoms with Crippen LogP contribution in [0.1, 0.15) is 68.2 Å². The van der Waals surface area contributed by atoms with Gasteiger partial charge in [0.15, 0.2) is 0 Å². The third-order valence-corrected chi connectivity index (χ3v) is 2.44. The monoisotopic (exact) mass is 272 g/mol. The fraction of sp³-hybridized carbons (Fsp3) is 0.857. The van der Waals surface area contributed by atoms with Gasteiger partial charge in [-0.1, -0.05) is 13.8 Å². The molecule has 0 bridgehead atoms. The van der Waals surface area contributed by atoms with Crippen LogP contribution in [0.5, 0.6) is 0 Å². The maximum atomic E-state index is 12.0. The summed E-state index contributed by atoms with van der Waals surface area (Å²) in [6, 6.07) is 0. The van der Waals surface area contributed by atoms with Gasteiger partial charge >= 0.3 is 0 Å². The molecule has 112 valence electrons. The Morgan fingerprint density at radius 3 is 1.21 bits per heavy atom. The quantitative estimate of drug-likeness (QED) is 0.739. The van der Waals surface area contributed by atoms with E-state index in [4.69, 9.17) is 4.94 Å². The highest BCUT2D eigenvalue weighted by Crippen LogP contribution is 2.22. The molecule has 0 unspecified atom stereocenters. The van der Waals surface area contributed by atoms with Gasteiger partial charge in [0.05, 0.1) is 11.1 Å². The van der Waals surface area contributed by atoms with Crippen molar-refractivity contribution in [1.29, 1.82) is 0 Å². The van der Waals surface area contributed by atoms with Gasteiger partial charge < -0.3 is 0 Å². The summed E-state index contributed by atoms with van der Waals surface area (Å²) in [5.74, 6) is -0.295. The second-order valence-corrected chi connectivity index (χ2v) is 6.51. The smallest absolute Gasteiger partial charge is 0.248 e. The number of hydroxylamine groups is 4. The molecule has 0 aromatic heterocycles. The number of nitrogens with zero attached hydrogens (tertiary/aromatic N) is 2. The van der Waals surface area contributed by atoms with Crippen molar-refractivity contribution in [3.8, 4) is 0 Å². The minimum absolute atomic E-state index is 0.148. The van der Waals surface area contributed by atoms with E-state index in [1.165, 1.54) is 10.1 Å². The lowest BCUT2D eigenvalue weighted by Gasteiger charge is -2.41. The molecule has 0 rings (SSSR count). The van der Waals surface area contributed by atoms with Crippen molar-refractivity contribution in [3.05, 3.63) is 0 Å². The first-order chi connectivity index (χ1) is 8.45. The van der Waals surface area contributed by atoms with E-state index in [1.807, 2.05) is 41.5 Å². The van der Waals surface area contributed by atoms with Crippen molar-refractivity contribution >= 4 is 11.8 Å². The van der Waals surface area contributed by atoms with Crippen LogP contribution in [0.4, 0.5) is 0 Å². The molecule has 0 aliphatic carbocycles. The van der Waals surface area contributed by atoms with Crippen molar-refractivity contribution < 1.29 is 14.5 Å². The van der Waals surface area contributed by atoms with Crippen LogP contribution in [0.25, 0.3) is 0 Å². The maximum absolute atomic E-state index is 12.0. The van der Waals surface area contributed by atoms with Crippen LogP contribution in [0.2, 0.25) is 0 Å². The highest BCUT2D eigenvalue weighted by molar-refractivity contribution is 5.77. The Balaban J connectivity index is 5.28. The fourth-order valence-electron chi connectivity index (χ4n) is 1.45. The fourth-order valence-corrected chi connectivity index (χ4v) is 1.45. The molecule has 0 aliphatic heterocycles. The first-order valence-corrected chi connectivity index (χ1v) is 6.79. The topological polar surface area (TPSA) is 49.9 Å². The Morgan fingerprint density at radius 1 is 0.789 bits per heavy atom. The van der Waals surface area contributed by atoms with Gasteiger partial charge in [0.25, 0.3) is 0 Å². The lowest BCUT2D eigenvalue weighted by Crippen LogP contribution is -2.55. The average Bonchev–Trinajstić information content (AvgIpc) is 2.24. The molecule has 0 saturated carbocycles. The zero-order chi connectivity index (χ0) is 15.4.